The van der Waals surface area contributed by atoms with E-state index in [1.807, 2.05) is 0 Å². The molecule has 0 aromatic heterocycles. The summed E-state index contributed by atoms with van der Waals surface area (Å²) in [7, 11) is 1.52. The highest BCUT2D eigenvalue weighted by atomic mass is 16.2. The van der Waals surface area contributed by atoms with E-state index in [0.717, 1.165) is 0 Å². The van der Waals surface area contributed by atoms with Crippen LogP contribution in [0.25, 0.3) is 0 Å². The third kappa shape index (κ3) is 1.52. The van der Waals surface area contributed by atoms with Crippen LogP contribution in [0.2, 0.25) is 0 Å². The maximum Gasteiger partial charge on any atom is 0.236 e. The zero-order valence-corrected chi connectivity index (χ0v) is 8.71. The number of imide groups is 1. The Morgan fingerprint density at radius 1 is 1.20 bits per heavy atom. The average molecular weight is 210 g/mol. The summed E-state index contributed by atoms with van der Waals surface area (Å²) in [5.41, 5.74) is -0.517. The van der Waals surface area contributed by atoms with E-state index in [9.17, 15) is 14.4 Å². The normalized spacial score (nSPS) is 32.1. The standard InChI is InChI=1S/C10H14N2O3/c1-12-8(14)3-5-10(9(12)15)4-2-7(13)11-6-10/h2-6H2,1H3,(H,11,13). The van der Waals surface area contributed by atoms with E-state index in [4.69, 9.17) is 0 Å². The van der Waals surface area contributed by atoms with Crippen LogP contribution in [-0.4, -0.2) is 36.2 Å². The molecule has 2 aliphatic rings. The minimum absolute atomic E-state index is 0.00650. The third-order valence-corrected chi connectivity index (χ3v) is 3.40. The van der Waals surface area contributed by atoms with Crippen molar-refractivity contribution in [2.75, 3.05) is 13.6 Å². The van der Waals surface area contributed by atoms with Crippen LogP contribution in [-0.2, 0) is 14.4 Å². The summed E-state index contributed by atoms with van der Waals surface area (Å²) in [5, 5.41) is 2.71. The van der Waals surface area contributed by atoms with Gasteiger partial charge in [0.1, 0.15) is 0 Å². The van der Waals surface area contributed by atoms with Gasteiger partial charge in [-0.3, -0.25) is 19.3 Å². The van der Waals surface area contributed by atoms with Crippen molar-refractivity contribution in [3.63, 3.8) is 0 Å². The number of piperidine rings is 2. The second-order valence-electron chi connectivity index (χ2n) is 4.31. The van der Waals surface area contributed by atoms with Crippen LogP contribution in [0.5, 0.6) is 0 Å². The van der Waals surface area contributed by atoms with Gasteiger partial charge in [0.15, 0.2) is 0 Å². The van der Waals surface area contributed by atoms with Crippen molar-refractivity contribution in [2.24, 2.45) is 5.41 Å². The van der Waals surface area contributed by atoms with Gasteiger partial charge in [0.25, 0.3) is 0 Å². The van der Waals surface area contributed by atoms with Crippen LogP contribution in [0.4, 0.5) is 0 Å². The average Bonchev–Trinajstić information content (AvgIpc) is 2.25. The molecule has 1 N–H and O–H groups in total. The molecule has 1 unspecified atom stereocenters. The molecule has 0 bridgehead atoms. The number of nitrogens with zero attached hydrogens (tertiary/aromatic N) is 1. The zero-order valence-electron chi connectivity index (χ0n) is 8.71. The van der Waals surface area contributed by atoms with Gasteiger partial charge in [-0.25, -0.2) is 0 Å². The van der Waals surface area contributed by atoms with Crippen molar-refractivity contribution in [3.05, 3.63) is 0 Å². The van der Waals surface area contributed by atoms with Gasteiger partial charge in [-0.1, -0.05) is 0 Å². The summed E-state index contributed by atoms with van der Waals surface area (Å²) in [6, 6.07) is 0. The Kier molecular flexibility index (Phi) is 2.25. The van der Waals surface area contributed by atoms with Gasteiger partial charge in [-0.15, -0.1) is 0 Å². The first-order valence-electron chi connectivity index (χ1n) is 5.13. The highest BCUT2D eigenvalue weighted by molar-refractivity contribution is 6.01. The predicted molar refractivity (Wildman–Crippen MR) is 51.7 cm³/mol. The molecule has 5 nitrogen and oxygen atoms in total. The highest BCUT2D eigenvalue weighted by Crippen LogP contribution is 2.37. The lowest BCUT2D eigenvalue weighted by atomic mass is 9.73. The Balaban J connectivity index is 2.18. The fraction of sp³-hybridized carbons (Fsp3) is 0.700. The lowest BCUT2D eigenvalue weighted by Crippen LogP contribution is -2.56. The molecule has 15 heavy (non-hydrogen) atoms. The second kappa shape index (κ2) is 3.32. The molecule has 3 amide bonds. The first kappa shape index (κ1) is 10.1. The molecule has 2 rings (SSSR count). The van der Waals surface area contributed by atoms with E-state index >= 15 is 0 Å². The van der Waals surface area contributed by atoms with Crippen LogP contribution in [0.15, 0.2) is 0 Å². The molecule has 1 atom stereocenters. The van der Waals surface area contributed by atoms with E-state index in [2.05, 4.69) is 5.32 Å². The fourth-order valence-electron chi connectivity index (χ4n) is 2.28. The van der Waals surface area contributed by atoms with Crippen LogP contribution in [0.3, 0.4) is 0 Å². The van der Waals surface area contributed by atoms with E-state index in [0.29, 0.717) is 32.2 Å². The summed E-state index contributed by atoms with van der Waals surface area (Å²) in [6.07, 6.45) is 1.91. The Bertz CT molecular complexity index is 322. The van der Waals surface area contributed by atoms with Gasteiger partial charge < -0.3 is 5.32 Å². The number of hydrogen-bond acceptors (Lipinski definition) is 3. The third-order valence-electron chi connectivity index (χ3n) is 3.40. The SMILES string of the molecule is CN1C(=O)CCC2(CCC(=O)NC2)C1=O. The summed E-state index contributed by atoms with van der Waals surface area (Å²) >= 11 is 0. The predicted octanol–water partition coefficient (Wildman–Crippen LogP) is -0.338. The number of carbonyl (C=O) groups excluding carboxylic acids is 3. The highest BCUT2D eigenvalue weighted by Gasteiger charge is 2.47. The molecule has 0 aliphatic carbocycles. The largest absolute Gasteiger partial charge is 0.355 e. The molecule has 2 aliphatic heterocycles. The number of rotatable bonds is 0. The maximum atomic E-state index is 12.0. The van der Waals surface area contributed by atoms with E-state index in [1.54, 1.807) is 0 Å². The molecule has 2 fully saturated rings. The quantitative estimate of drug-likeness (QED) is 0.556. The van der Waals surface area contributed by atoms with Gasteiger partial charge in [-0.2, -0.15) is 0 Å². The molecule has 2 saturated heterocycles. The van der Waals surface area contributed by atoms with Crippen LogP contribution < -0.4 is 5.32 Å². The second-order valence-corrected chi connectivity index (χ2v) is 4.31. The van der Waals surface area contributed by atoms with Gasteiger partial charge in [-0.05, 0) is 12.8 Å². The molecule has 0 radical (unpaired) electrons. The number of hydrogen-bond donors (Lipinski definition) is 1. The Morgan fingerprint density at radius 2 is 1.87 bits per heavy atom. The van der Waals surface area contributed by atoms with Gasteiger partial charge in [0.2, 0.25) is 17.7 Å². The van der Waals surface area contributed by atoms with Crippen molar-refractivity contribution < 1.29 is 14.4 Å². The summed E-state index contributed by atoms with van der Waals surface area (Å²) in [5.74, 6) is -0.269. The van der Waals surface area contributed by atoms with E-state index in [1.165, 1.54) is 11.9 Å². The van der Waals surface area contributed by atoms with Gasteiger partial charge in [0.05, 0.1) is 5.41 Å². The first-order valence-corrected chi connectivity index (χ1v) is 5.13. The summed E-state index contributed by atoms with van der Waals surface area (Å²) in [6.45, 7) is 0.377. The van der Waals surface area contributed by atoms with Crippen LogP contribution >= 0.6 is 0 Å². The first-order chi connectivity index (χ1) is 7.05. The van der Waals surface area contributed by atoms with Crippen molar-refractivity contribution in [3.8, 4) is 0 Å². The molecular weight excluding hydrogens is 196 g/mol. The van der Waals surface area contributed by atoms with E-state index < -0.39 is 5.41 Å². The number of amides is 3. The lowest BCUT2D eigenvalue weighted by Gasteiger charge is -2.41. The number of nitrogens with one attached hydrogen (secondary N) is 1. The summed E-state index contributed by atoms with van der Waals surface area (Å²) < 4.78 is 0. The molecule has 0 aromatic rings. The molecule has 1 spiro atoms. The fourth-order valence-corrected chi connectivity index (χ4v) is 2.28. The van der Waals surface area contributed by atoms with Gasteiger partial charge >= 0.3 is 0 Å². The Hall–Kier alpha value is -1.39. The molecule has 5 heteroatoms. The molecule has 2 heterocycles. The van der Waals surface area contributed by atoms with Crippen molar-refractivity contribution in [1.82, 2.24) is 10.2 Å². The summed E-state index contributed by atoms with van der Waals surface area (Å²) in [4.78, 5) is 35.5. The zero-order chi connectivity index (χ0) is 11.1. The molecule has 0 saturated carbocycles. The van der Waals surface area contributed by atoms with Crippen molar-refractivity contribution in [1.29, 1.82) is 0 Å². The monoisotopic (exact) mass is 210 g/mol. The van der Waals surface area contributed by atoms with Crippen LogP contribution in [0.1, 0.15) is 25.7 Å². The molecular formula is C10H14N2O3. The van der Waals surface area contributed by atoms with E-state index in [-0.39, 0.29) is 17.7 Å². The minimum atomic E-state index is -0.517. The topological polar surface area (TPSA) is 66.5 Å². The van der Waals surface area contributed by atoms with Crippen molar-refractivity contribution in [2.45, 2.75) is 25.7 Å². The Morgan fingerprint density at radius 3 is 2.47 bits per heavy atom. The van der Waals surface area contributed by atoms with Gasteiger partial charge in [0, 0.05) is 26.4 Å². The smallest absolute Gasteiger partial charge is 0.236 e. The molecule has 82 valence electrons. The lowest BCUT2D eigenvalue weighted by molar-refractivity contribution is -0.157. The van der Waals surface area contributed by atoms with Crippen molar-refractivity contribution >= 4 is 17.7 Å². The maximum absolute atomic E-state index is 12.0. The molecule has 0 aromatic carbocycles. The Labute approximate surface area is 87.8 Å². The number of likely N-dealkylation sites (tertiary alicyclic amines) is 1. The number of carbonyl (C=O) groups is 3. The minimum Gasteiger partial charge on any atom is -0.355 e. The van der Waals surface area contributed by atoms with Crippen LogP contribution in [0, 0.1) is 5.41 Å².